The van der Waals surface area contributed by atoms with Gasteiger partial charge in [-0.3, -0.25) is 0 Å². The zero-order chi connectivity index (χ0) is 30.5. The number of sulfonamides is 1. The lowest BCUT2D eigenvalue weighted by Crippen LogP contribution is -2.47. The van der Waals surface area contributed by atoms with Crippen LogP contribution in [0.3, 0.4) is 0 Å². The third-order valence-electron chi connectivity index (χ3n) is 6.93. The van der Waals surface area contributed by atoms with Gasteiger partial charge in [0.05, 0.1) is 22.7 Å². The Balaban J connectivity index is 1.47. The second kappa shape index (κ2) is 12.9. The average molecular weight is 606 g/mol. The SMILES string of the molecule is CC(CN1CCC(Nc2cccc3c2cc(C#CCNc2ccc(S(N)(=O)=O)cc2)n3CC(F)(F)F)CC1)NC(N)=O. The molecule has 2 aromatic carbocycles. The summed E-state index contributed by atoms with van der Waals surface area (Å²) in [5.74, 6) is 5.72. The number of nitrogens with two attached hydrogens (primary N) is 2. The molecule has 0 spiro atoms. The molecule has 2 amide bonds. The number of likely N-dealkylation sites (tertiary alicyclic amines) is 1. The molecular weight excluding hydrogens is 571 g/mol. The van der Waals surface area contributed by atoms with E-state index in [0.717, 1.165) is 31.6 Å². The quantitative estimate of drug-likeness (QED) is 0.237. The van der Waals surface area contributed by atoms with Gasteiger partial charge in [0.2, 0.25) is 10.0 Å². The number of hydrogen-bond donors (Lipinski definition) is 5. The van der Waals surface area contributed by atoms with Crippen LogP contribution >= 0.6 is 0 Å². The van der Waals surface area contributed by atoms with E-state index in [9.17, 15) is 26.4 Å². The summed E-state index contributed by atoms with van der Waals surface area (Å²) in [7, 11) is -3.81. The van der Waals surface area contributed by atoms with Crippen molar-refractivity contribution < 1.29 is 26.4 Å². The van der Waals surface area contributed by atoms with Crippen molar-refractivity contribution in [1.82, 2.24) is 14.8 Å². The number of carbonyl (C=O) groups excluding carboxylic acids is 1. The summed E-state index contributed by atoms with van der Waals surface area (Å²) < 4.78 is 64.6. The second-order valence-corrected chi connectivity index (χ2v) is 11.9. The smallest absolute Gasteiger partial charge is 0.382 e. The van der Waals surface area contributed by atoms with E-state index in [0.29, 0.717) is 23.1 Å². The molecule has 1 aliphatic rings. The molecule has 226 valence electrons. The normalized spacial score (nSPS) is 15.5. The zero-order valence-electron chi connectivity index (χ0n) is 23.0. The van der Waals surface area contributed by atoms with E-state index in [1.165, 1.54) is 28.8 Å². The Kier molecular flexibility index (Phi) is 9.55. The van der Waals surface area contributed by atoms with Gasteiger partial charge in [-0.05, 0) is 68.2 Å². The maximum Gasteiger partial charge on any atom is 0.406 e. The minimum absolute atomic E-state index is 0.0298. The van der Waals surface area contributed by atoms with E-state index in [-0.39, 0.29) is 29.2 Å². The lowest BCUT2D eigenvalue weighted by molar-refractivity contribution is -0.140. The van der Waals surface area contributed by atoms with Gasteiger partial charge in [0.1, 0.15) is 6.54 Å². The highest BCUT2D eigenvalue weighted by Gasteiger charge is 2.30. The van der Waals surface area contributed by atoms with Crippen LogP contribution in [-0.2, 0) is 16.6 Å². The molecule has 1 unspecified atom stereocenters. The number of carbonyl (C=O) groups is 1. The summed E-state index contributed by atoms with van der Waals surface area (Å²) in [6.45, 7) is 3.14. The standard InChI is InChI=1S/C28H34F3N7O3S/c1-19(35-27(32)39)17-37-14-11-21(12-15-37)36-25-5-2-6-26-24(25)16-22(38(26)18-28(29,30)31)4-3-13-34-20-7-9-23(10-8-20)42(33,40)41/h2,5-10,16,19,21,34,36H,11-15,17-18H2,1H3,(H3,32,35,39)(H2,33,40,41). The van der Waals surface area contributed by atoms with Crippen molar-refractivity contribution in [3.05, 3.63) is 54.2 Å². The summed E-state index contributed by atoms with van der Waals surface area (Å²) in [5.41, 5.74) is 7.19. The van der Waals surface area contributed by atoms with Crippen molar-refractivity contribution in [2.75, 3.05) is 36.8 Å². The third kappa shape index (κ3) is 8.54. The summed E-state index contributed by atoms with van der Waals surface area (Å²) >= 11 is 0. The first-order valence-corrected chi connectivity index (χ1v) is 14.9. The van der Waals surface area contributed by atoms with Crippen molar-refractivity contribution in [2.24, 2.45) is 10.9 Å². The van der Waals surface area contributed by atoms with Gasteiger partial charge in [0, 0.05) is 48.5 Å². The van der Waals surface area contributed by atoms with Crippen molar-refractivity contribution in [2.45, 2.75) is 49.5 Å². The van der Waals surface area contributed by atoms with Crippen LogP contribution in [-0.4, -0.2) is 68.4 Å². The molecule has 0 saturated carbocycles. The van der Waals surface area contributed by atoms with Gasteiger partial charge in [-0.2, -0.15) is 13.2 Å². The highest BCUT2D eigenvalue weighted by Crippen LogP contribution is 2.31. The van der Waals surface area contributed by atoms with Crippen LogP contribution in [0.2, 0.25) is 0 Å². The number of primary sulfonamides is 1. The largest absolute Gasteiger partial charge is 0.406 e. The van der Waals surface area contributed by atoms with Crippen LogP contribution in [0.25, 0.3) is 10.9 Å². The number of anilines is 2. The Morgan fingerprint density at radius 2 is 1.83 bits per heavy atom. The topological polar surface area (TPSA) is 148 Å². The molecule has 1 fully saturated rings. The minimum Gasteiger partial charge on any atom is -0.382 e. The first-order valence-electron chi connectivity index (χ1n) is 13.4. The Labute approximate surface area is 242 Å². The molecular formula is C28H34F3N7O3S. The zero-order valence-corrected chi connectivity index (χ0v) is 23.9. The summed E-state index contributed by atoms with van der Waals surface area (Å²) in [4.78, 5) is 13.3. The molecule has 10 nitrogen and oxygen atoms in total. The minimum atomic E-state index is -4.44. The summed E-state index contributed by atoms with van der Waals surface area (Å²) in [5, 5.41) is 15.0. The summed E-state index contributed by atoms with van der Waals surface area (Å²) in [6.07, 6.45) is -2.78. The fourth-order valence-corrected chi connectivity index (χ4v) is 5.58. The van der Waals surface area contributed by atoms with E-state index >= 15 is 0 Å². The number of primary amides is 1. The third-order valence-corrected chi connectivity index (χ3v) is 7.86. The van der Waals surface area contributed by atoms with Crippen LogP contribution in [0.1, 0.15) is 25.5 Å². The number of nitrogens with one attached hydrogen (secondary N) is 3. The number of alkyl halides is 3. The van der Waals surface area contributed by atoms with Crippen LogP contribution in [0.5, 0.6) is 0 Å². The van der Waals surface area contributed by atoms with Crippen molar-refractivity contribution in [3.63, 3.8) is 0 Å². The average Bonchev–Trinajstić information content (AvgIpc) is 3.23. The van der Waals surface area contributed by atoms with Crippen LogP contribution in [0.4, 0.5) is 29.3 Å². The monoisotopic (exact) mass is 605 g/mol. The molecule has 0 bridgehead atoms. The molecule has 1 atom stereocenters. The van der Waals surface area contributed by atoms with Gasteiger partial charge < -0.3 is 31.2 Å². The Hall–Kier alpha value is -3.93. The number of halogens is 3. The maximum absolute atomic E-state index is 13.5. The van der Waals surface area contributed by atoms with E-state index in [2.05, 4.69) is 32.7 Å². The van der Waals surface area contributed by atoms with E-state index in [1.54, 1.807) is 18.2 Å². The number of urea groups is 1. The number of fused-ring (bicyclic) bond motifs is 1. The number of nitrogens with zero attached hydrogens (tertiary/aromatic N) is 2. The molecule has 7 N–H and O–H groups in total. The molecule has 14 heteroatoms. The first kappa shape index (κ1) is 31.0. The predicted molar refractivity (Wildman–Crippen MR) is 156 cm³/mol. The number of amides is 2. The molecule has 1 aliphatic heterocycles. The second-order valence-electron chi connectivity index (χ2n) is 10.3. The highest BCUT2D eigenvalue weighted by atomic mass is 32.2. The van der Waals surface area contributed by atoms with Crippen molar-refractivity contribution in [1.29, 1.82) is 0 Å². The van der Waals surface area contributed by atoms with Crippen LogP contribution in [0.15, 0.2) is 53.4 Å². The highest BCUT2D eigenvalue weighted by molar-refractivity contribution is 7.89. The molecule has 1 saturated heterocycles. The van der Waals surface area contributed by atoms with Gasteiger partial charge in [0.15, 0.2) is 0 Å². The lowest BCUT2D eigenvalue weighted by Gasteiger charge is -2.34. The van der Waals surface area contributed by atoms with Crippen LogP contribution < -0.4 is 26.8 Å². The number of rotatable bonds is 9. The van der Waals surface area contributed by atoms with Gasteiger partial charge >= 0.3 is 12.2 Å². The van der Waals surface area contributed by atoms with E-state index in [4.69, 9.17) is 10.9 Å². The molecule has 42 heavy (non-hydrogen) atoms. The first-order chi connectivity index (χ1) is 19.8. The van der Waals surface area contributed by atoms with E-state index < -0.39 is 28.8 Å². The Morgan fingerprint density at radius 1 is 1.14 bits per heavy atom. The number of hydrogen-bond acceptors (Lipinski definition) is 6. The van der Waals surface area contributed by atoms with E-state index in [1.807, 2.05) is 13.0 Å². The molecule has 0 aliphatic carbocycles. The Bertz CT molecular complexity index is 1570. The predicted octanol–water partition coefficient (Wildman–Crippen LogP) is 3.25. The van der Waals surface area contributed by atoms with Gasteiger partial charge in [-0.15, -0.1) is 0 Å². The fourth-order valence-electron chi connectivity index (χ4n) is 5.06. The van der Waals surface area contributed by atoms with Crippen LogP contribution in [0, 0.1) is 11.8 Å². The lowest BCUT2D eigenvalue weighted by atomic mass is 10.0. The Morgan fingerprint density at radius 3 is 2.45 bits per heavy atom. The van der Waals surface area contributed by atoms with Crippen molar-refractivity contribution in [3.8, 4) is 11.8 Å². The number of benzene rings is 2. The van der Waals surface area contributed by atoms with Gasteiger partial charge in [0.25, 0.3) is 0 Å². The maximum atomic E-state index is 13.5. The van der Waals surface area contributed by atoms with Crippen molar-refractivity contribution >= 4 is 38.3 Å². The molecule has 2 heterocycles. The number of aromatic nitrogens is 1. The van der Waals surface area contributed by atoms with Gasteiger partial charge in [-0.1, -0.05) is 12.0 Å². The fraction of sp³-hybridized carbons (Fsp3) is 0.393. The molecule has 3 aromatic rings. The summed E-state index contributed by atoms with van der Waals surface area (Å²) in [6, 6.07) is 12.2. The number of piperidine rings is 1. The molecule has 4 rings (SSSR count). The molecule has 0 radical (unpaired) electrons. The molecule has 1 aromatic heterocycles. The van der Waals surface area contributed by atoms with Gasteiger partial charge in [-0.25, -0.2) is 18.4 Å².